The van der Waals surface area contributed by atoms with Gasteiger partial charge < -0.3 is 14.8 Å². The number of hydrogen-bond acceptors (Lipinski definition) is 3. The van der Waals surface area contributed by atoms with Gasteiger partial charge in [-0.1, -0.05) is 30.7 Å². The monoisotopic (exact) mass is 361 g/mol. The van der Waals surface area contributed by atoms with E-state index in [0.717, 1.165) is 22.4 Å². The minimum atomic E-state index is -0.0841. The zero-order valence-corrected chi connectivity index (χ0v) is 16.0. The topological polar surface area (TPSA) is 47.6 Å². The molecule has 0 aliphatic rings. The van der Waals surface area contributed by atoms with Gasteiger partial charge in [-0.15, -0.1) is 0 Å². The van der Waals surface area contributed by atoms with Crippen molar-refractivity contribution >= 4 is 23.2 Å². The Kier molecular flexibility index (Phi) is 6.32. The molecule has 1 N–H and O–H groups in total. The molecule has 1 amide bonds. The first-order valence-corrected chi connectivity index (χ1v) is 8.52. The van der Waals surface area contributed by atoms with Crippen molar-refractivity contribution in [1.82, 2.24) is 0 Å². The fourth-order valence-electron chi connectivity index (χ4n) is 2.88. The maximum absolute atomic E-state index is 12.5. The van der Waals surface area contributed by atoms with Gasteiger partial charge in [-0.2, -0.15) is 0 Å². The molecule has 0 heterocycles. The molecule has 1 unspecified atom stereocenters. The second-order valence-corrected chi connectivity index (χ2v) is 6.61. The number of amides is 1. The van der Waals surface area contributed by atoms with Crippen molar-refractivity contribution in [2.45, 2.75) is 33.1 Å². The number of nitrogens with one attached hydrogen (secondary N) is 1. The van der Waals surface area contributed by atoms with Crippen LogP contribution in [0.5, 0.6) is 11.5 Å². The van der Waals surface area contributed by atoms with Crippen LogP contribution >= 0.6 is 11.6 Å². The molecule has 2 aromatic carbocycles. The number of rotatable bonds is 6. The molecule has 0 spiro atoms. The molecule has 5 heteroatoms. The van der Waals surface area contributed by atoms with Crippen LogP contribution in [0.2, 0.25) is 5.02 Å². The molecule has 0 aliphatic carbocycles. The lowest BCUT2D eigenvalue weighted by Crippen LogP contribution is -2.16. The van der Waals surface area contributed by atoms with Gasteiger partial charge in [-0.05, 0) is 48.6 Å². The maximum atomic E-state index is 12.5. The van der Waals surface area contributed by atoms with Gasteiger partial charge in [0.15, 0.2) is 0 Å². The van der Waals surface area contributed by atoms with Gasteiger partial charge in [0.2, 0.25) is 5.91 Å². The second-order valence-electron chi connectivity index (χ2n) is 6.20. The van der Waals surface area contributed by atoms with E-state index in [4.69, 9.17) is 21.1 Å². The Morgan fingerprint density at radius 2 is 1.88 bits per heavy atom. The summed E-state index contributed by atoms with van der Waals surface area (Å²) in [6.07, 6.45) is 0.326. The average Bonchev–Trinajstić information content (AvgIpc) is 2.57. The fourth-order valence-corrected chi connectivity index (χ4v) is 3.25. The van der Waals surface area contributed by atoms with Crippen LogP contribution in [0, 0.1) is 13.8 Å². The van der Waals surface area contributed by atoms with E-state index in [1.165, 1.54) is 0 Å². The summed E-state index contributed by atoms with van der Waals surface area (Å²) < 4.78 is 10.6. The maximum Gasteiger partial charge on any atom is 0.225 e. The van der Waals surface area contributed by atoms with Gasteiger partial charge in [0, 0.05) is 12.5 Å². The lowest BCUT2D eigenvalue weighted by atomic mass is 9.96. The smallest absolute Gasteiger partial charge is 0.225 e. The minimum Gasteiger partial charge on any atom is -0.497 e. The van der Waals surface area contributed by atoms with E-state index in [2.05, 4.69) is 5.32 Å². The van der Waals surface area contributed by atoms with E-state index in [-0.39, 0.29) is 11.8 Å². The van der Waals surface area contributed by atoms with E-state index in [0.29, 0.717) is 22.9 Å². The molecule has 2 aromatic rings. The van der Waals surface area contributed by atoms with Crippen molar-refractivity contribution in [3.05, 3.63) is 52.0 Å². The van der Waals surface area contributed by atoms with Gasteiger partial charge in [0.1, 0.15) is 11.5 Å². The summed E-state index contributed by atoms with van der Waals surface area (Å²) in [7, 11) is 3.22. The van der Waals surface area contributed by atoms with Gasteiger partial charge in [-0.3, -0.25) is 4.79 Å². The number of ether oxygens (including phenoxy) is 2. The Bertz CT molecular complexity index is 751. The number of carbonyl (C=O) groups excluding carboxylic acids is 1. The van der Waals surface area contributed by atoms with Crippen LogP contribution < -0.4 is 14.8 Å². The number of benzene rings is 2. The highest BCUT2D eigenvalue weighted by Crippen LogP contribution is 2.33. The van der Waals surface area contributed by atoms with Crippen LogP contribution in [0.1, 0.15) is 36.0 Å². The lowest BCUT2D eigenvalue weighted by Gasteiger charge is -2.17. The third kappa shape index (κ3) is 4.67. The van der Waals surface area contributed by atoms with Crippen molar-refractivity contribution in [2.75, 3.05) is 19.5 Å². The zero-order valence-electron chi connectivity index (χ0n) is 15.3. The summed E-state index contributed by atoms with van der Waals surface area (Å²) in [6, 6.07) is 9.47. The first kappa shape index (κ1) is 19.1. The van der Waals surface area contributed by atoms with E-state index in [1.807, 2.05) is 51.1 Å². The largest absolute Gasteiger partial charge is 0.497 e. The Morgan fingerprint density at radius 1 is 1.16 bits per heavy atom. The molecule has 0 aliphatic heterocycles. The third-order valence-electron chi connectivity index (χ3n) is 4.16. The van der Waals surface area contributed by atoms with Crippen LogP contribution in [0.3, 0.4) is 0 Å². The molecule has 1 atom stereocenters. The highest BCUT2D eigenvalue weighted by atomic mass is 35.5. The molecule has 4 nitrogen and oxygen atoms in total. The van der Waals surface area contributed by atoms with Gasteiger partial charge >= 0.3 is 0 Å². The first-order valence-electron chi connectivity index (χ1n) is 8.14. The van der Waals surface area contributed by atoms with E-state index in [1.54, 1.807) is 14.2 Å². The molecule has 0 radical (unpaired) electrons. The first-order chi connectivity index (χ1) is 11.8. The number of hydrogen-bond donors (Lipinski definition) is 1. The summed E-state index contributed by atoms with van der Waals surface area (Å²) in [5, 5.41) is 3.49. The van der Waals surface area contributed by atoms with Crippen LogP contribution in [-0.2, 0) is 4.79 Å². The van der Waals surface area contributed by atoms with Gasteiger partial charge in [-0.25, -0.2) is 0 Å². The normalized spacial score (nSPS) is 11.8. The Balaban J connectivity index is 2.13. The molecule has 0 saturated heterocycles. The highest BCUT2D eigenvalue weighted by Gasteiger charge is 2.17. The van der Waals surface area contributed by atoms with E-state index >= 15 is 0 Å². The predicted octanol–water partition coefficient (Wildman–Crippen LogP) is 5.11. The van der Waals surface area contributed by atoms with Gasteiger partial charge in [0.05, 0.1) is 24.9 Å². The van der Waals surface area contributed by atoms with Crippen molar-refractivity contribution in [3.8, 4) is 11.5 Å². The molecule has 0 saturated carbocycles. The Morgan fingerprint density at radius 3 is 2.48 bits per heavy atom. The summed E-state index contributed by atoms with van der Waals surface area (Å²) in [5.41, 5.74) is 3.65. The quantitative estimate of drug-likeness (QED) is 0.778. The SMILES string of the molecule is COc1ccc(C(C)CC(=O)Nc2c(C)cc(C)cc2Cl)c(OC)c1. The molecule has 25 heavy (non-hydrogen) atoms. The van der Waals surface area contributed by atoms with E-state index in [9.17, 15) is 4.79 Å². The highest BCUT2D eigenvalue weighted by molar-refractivity contribution is 6.34. The molecular weight excluding hydrogens is 338 g/mol. The number of aryl methyl sites for hydroxylation is 2. The minimum absolute atomic E-state index is 0.00890. The molecular formula is C20H24ClNO3. The van der Waals surface area contributed by atoms with Crippen LogP contribution in [-0.4, -0.2) is 20.1 Å². The second kappa shape index (κ2) is 8.26. The predicted molar refractivity (Wildman–Crippen MR) is 102 cm³/mol. The Labute approximate surface area is 154 Å². The van der Waals surface area contributed by atoms with E-state index < -0.39 is 0 Å². The summed E-state index contributed by atoms with van der Waals surface area (Å²) in [5.74, 6) is 1.34. The third-order valence-corrected chi connectivity index (χ3v) is 4.46. The molecule has 134 valence electrons. The Hall–Kier alpha value is -2.20. The fraction of sp³-hybridized carbons (Fsp3) is 0.350. The lowest BCUT2D eigenvalue weighted by molar-refractivity contribution is -0.116. The van der Waals surface area contributed by atoms with Crippen molar-refractivity contribution in [2.24, 2.45) is 0 Å². The van der Waals surface area contributed by atoms with Crippen LogP contribution in [0.4, 0.5) is 5.69 Å². The molecule has 2 rings (SSSR count). The van der Waals surface area contributed by atoms with Gasteiger partial charge in [0.25, 0.3) is 0 Å². The molecule has 0 bridgehead atoms. The standard InChI is InChI=1S/C20H24ClNO3/c1-12-8-14(3)20(17(21)9-12)22-19(23)10-13(2)16-7-6-15(24-4)11-18(16)25-5/h6-9,11,13H,10H2,1-5H3,(H,22,23). The van der Waals surface area contributed by atoms with Crippen molar-refractivity contribution < 1.29 is 14.3 Å². The summed E-state index contributed by atoms with van der Waals surface area (Å²) in [4.78, 5) is 12.5. The number of carbonyl (C=O) groups is 1. The molecule has 0 aromatic heterocycles. The average molecular weight is 362 g/mol. The van der Waals surface area contributed by atoms with Crippen LogP contribution in [0.25, 0.3) is 0 Å². The number of anilines is 1. The number of methoxy groups -OCH3 is 2. The van der Waals surface area contributed by atoms with Crippen molar-refractivity contribution in [3.63, 3.8) is 0 Å². The summed E-state index contributed by atoms with van der Waals surface area (Å²) >= 11 is 6.26. The van der Waals surface area contributed by atoms with Crippen LogP contribution in [0.15, 0.2) is 30.3 Å². The van der Waals surface area contributed by atoms with Crippen molar-refractivity contribution in [1.29, 1.82) is 0 Å². The zero-order chi connectivity index (χ0) is 18.6. The number of halogens is 1. The molecule has 0 fully saturated rings. The summed E-state index contributed by atoms with van der Waals surface area (Å²) in [6.45, 7) is 5.90.